The molecule has 0 aliphatic carbocycles. The average Bonchev–Trinajstić information content (AvgIpc) is 2.86. The van der Waals surface area contributed by atoms with Gasteiger partial charge in [-0.05, 0) is 41.9 Å². The minimum Gasteiger partial charge on any atom is -0.497 e. The molecule has 0 fully saturated rings. The topological polar surface area (TPSA) is 65.5 Å². The summed E-state index contributed by atoms with van der Waals surface area (Å²) in [4.78, 5) is 31.3. The lowest BCUT2D eigenvalue weighted by molar-refractivity contribution is 0.0472. The number of hydrogen-bond donors (Lipinski definition) is 0. The second-order valence-corrected chi connectivity index (χ2v) is 8.59. The standard InChI is InChI=1S/C27H29NO4S/c1-5-21-23(27(30)33-7-3)22(6-2)28-25(19-11-9-8-10-12-19)24(21)26(29)32-17-18-13-15-20(31-4)16-14-18/h8-16H,5-7,17H2,1-4H3. The number of ether oxygens (including phenoxy) is 2. The maximum atomic E-state index is 13.4. The third kappa shape index (κ3) is 5.63. The lowest BCUT2D eigenvalue weighted by Gasteiger charge is -2.19. The van der Waals surface area contributed by atoms with Gasteiger partial charge < -0.3 is 9.47 Å². The zero-order chi connectivity index (χ0) is 23.8. The molecule has 0 unspecified atom stereocenters. The van der Waals surface area contributed by atoms with Crippen LogP contribution in [0.5, 0.6) is 5.75 Å². The van der Waals surface area contributed by atoms with Crippen molar-refractivity contribution in [2.45, 2.75) is 40.2 Å². The second kappa shape index (κ2) is 11.7. The van der Waals surface area contributed by atoms with Crippen molar-refractivity contribution < 1.29 is 19.1 Å². The van der Waals surface area contributed by atoms with E-state index in [1.165, 1.54) is 11.8 Å². The zero-order valence-corrected chi connectivity index (χ0v) is 20.3. The summed E-state index contributed by atoms with van der Waals surface area (Å²) in [5, 5.41) is -0.0532. The van der Waals surface area contributed by atoms with Gasteiger partial charge in [0.15, 0.2) is 0 Å². The van der Waals surface area contributed by atoms with E-state index in [9.17, 15) is 9.59 Å². The van der Waals surface area contributed by atoms with E-state index in [0.29, 0.717) is 46.7 Å². The number of hydrogen-bond acceptors (Lipinski definition) is 6. The quantitative estimate of drug-likeness (QED) is 0.356. The number of aromatic nitrogens is 1. The molecule has 0 aliphatic heterocycles. The molecular weight excluding hydrogens is 434 g/mol. The van der Waals surface area contributed by atoms with Crippen LogP contribution in [0, 0.1) is 0 Å². The van der Waals surface area contributed by atoms with Crippen molar-refractivity contribution >= 4 is 22.8 Å². The first-order chi connectivity index (χ1) is 16.0. The van der Waals surface area contributed by atoms with E-state index in [1.54, 1.807) is 7.11 Å². The molecule has 2 aromatic carbocycles. The molecule has 0 amide bonds. The number of nitrogens with zero attached hydrogens (tertiary/aromatic N) is 1. The fourth-order valence-electron chi connectivity index (χ4n) is 3.71. The van der Waals surface area contributed by atoms with Gasteiger partial charge in [-0.15, -0.1) is 0 Å². The van der Waals surface area contributed by atoms with Crippen LogP contribution in [0.2, 0.25) is 0 Å². The van der Waals surface area contributed by atoms with E-state index < -0.39 is 5.97 Å². The summed E-state index contributed by atoms with van der Waals surface area (Å²) in [5.41, 5.74) is 4.55. The molecule has 5 nitrogen and oxygen atoms in total. The number of carbonyl (C=O) groups is 2. The highest BCUT2D eigenvalue weighted by Crippen LogP contribution is 2.32. The van der Waals surface area contributed by atoms with Gasteiger partial charge in [-0.2, -0.15) is 0 Å². The summed E-state index contributed by atoms with van der Waals surface area (Å²) in [6.07, 6.45) is 1.12. The van der Waals surface area contributed by atoms with Crippen molar-refractivity contribution in [2.75, 3.05) is 12.9 Å². The average molecular weight is 464 g/mol. The number of rotatable bonds is 9. The van der Waals surface area contributed by atoms with Crippen LogP contribution in [0.3, 0.4) is 0 Å². The van der Waals surface area contributed by atoms with Crippen LogP contribution < -0.4 is 4.74 Å². The Balaban J connectivity index is 2.09. The van der Waals surface area contributed by atoms with Gasteiger partial charge in [-0.25, -0.2) is 4.79 Å². The Kier molecular flexibility index (Phi) is 8.66. The van der Waals surface area contributed by atoms with Gasteiger partial charge in [-0.1, -0.05) is 75.0 Å². The SMILES string of the molecule is CCSC(=O)c1c(CC)nc(-c2ccccc2)c(C(=O)OCc2ccc(OC)cc2)c1CC. The first-order valence-corrected chi connectivity index (χ1v) is 12.1. The van der Waals surface area contributed by atoms with Crippen LogP contribution in [0.4, 0.5) is 0 Å². The molecule has 0 saturated heterocycles. The van der Waals surface area contributed by atoms with Crippen LogP contribution in [0.25, 0.3) is 11.3 Å². The van der Waals surface area contributed by atoms with Crippen LogP contribution in [0.15, 0.2) is 54.6 Å². The predicted molar refractivity (Wildman–Crippen MR) is 133 cm³/mol. The molecule has 0 saturated carbocycles. The number of thioether (sulfide) groups is 1. The molecule has 6 heteroatoms. The Morgan fingerprint density at radius 1 is 0.909 bits per heavy atom. The maximum absolute atomic E-state index is 13.4. The number of pyridine rings is 1. The molecule has 0 N–H and O–H groups in total. The smallest absolute Gasteiger partial charge is 0.341 e. The van der Waals surface area contributed by atoms with Crippen LogP contribution >= 0.6 is 11.8 Å². The summed E-state index contributed by atoms with van der Waals surface area (Å²) in [7, 11) is 1.61. The highest BCUT2D eigenvalue weighted by molar-refractivity contribution is 8.14. The van der Waals surface area contributed by atoms with Gasteiger partial charge in [0.1, 0.15) is 12.4 Å². The van der Waals surface area contributed by atoms with E-state index in [-0.39, 0.29) is 11.7 Å². The molecule has 1 aromatic heterocycles. The van der Waals surface area contributed by atoms with Gasteiger partial charge in [0, 0.05) is 5.56 Å². The second-order valence-electron chi connectivity index (χ2n) is 7.35. The van der Waals surface area contributed by atoms with Gasteiger partial charge >= 0.3 is 5.97 Å². The van der Waals surface area contributed by atoms with Gasteiger partial charge in [-0.3, -0.25) is 9.78 Å². The molecule has 3 rings (SSSR count). The minimum atomic E-state index is -0.479. The first kappa shape index (κ1) is 24.5. The Morgan fingerprint density at radius 2 is 1.61 bits per heavy atom. The van der Waals surface area contributed by atoms with Gasteiger partial charge in [0.2, 0.25) is 5.12 Å². The van der Waals surface area contributed by atoms with Crippen molar-refractivity contribution in [3.63, 3.8) is 0 Å². The number of methoxy groups -OCH3 is 1. The fraction of sp³-hybridized carbons (Fsp3) is 0.296. The molecule has 172 valence electrons. The predicted octanol–water partition coefficient (Wildman–Crippen LogP) is 6.13. The van der Waals surface area contributed by atoms with E-state index in [0.717, 1.165) is 16.9 Å². The molecule has 0 bridgehead atoms. The monoisotopic (exact) mass is 463 g/mol. The van der Waals surface area contributed by atoms with Crippen molar-refractivity contribution in [2.24, 2.45) is 0 Å². The van der Waals surface area contributed by atoms with Crippen molar-refractivity contribution in [1.29, 1.82) is 0 Å². The summed E-state index contributed by atoms with van der Waals surface area (Å²) in [6.45, 7) is 5.99. The minimum absolute atomic E-state index is 0.0532. The van der Waals surface area contributed by atoms with Crippen molar-refractivity contribution in [1.82, 2.24) is 4.98 Å². The number of benzene rings is 2. The van der Waals surface area contributed by atoms with E-state index >= 15 is 0 Å². The summed E-state index contributed by atoms with van der Waals surface area (Å²) in [6, 6.07) is 16.9. The Bertz CT molecular complexity index is 1110. The van der Waals surface area contributed by atoms with E-state index in [1.807, 2.05) is 75.4 Å². The lowest BCUT2D eigenvalue weighted by Crippen LogP contribution is -2.18. The first-order valence-electron chi connectivity index (χ1n) is 11.1. The van der Waals surface area contributed by atoms with Crippen LogP contribution in [0.1, 0.15) is 58.3 Å². The molecule has 1 heterocycles. The number of aryl methyl sites for hydroxylation is 1. The zero-order valence-electron chi connectivity index (χ0n) is 19.5. The van der Waals surface area contributed by atoms with Crippen LogP contribution in [-0.4, -0.2) is 28.9 Å². The molecule has 3 aromatic rings. The normalized spacial score (nSPS) is 10.7. The Labute approximate surface area is 199 Å². The molecule has 0 radical (unpaired) electrons. The third-order valence-corrected chi connectivity index (χ3v) is 6.08. The third-order valence-electron chi connectivity index (χ3n) is 5.32. The molecular formula is C27H29NO4S. The van der Waals surface area contributed by atoms with Gasteiger partial charge in [0.05, 0.1) is 29.6 Å². The summed E-state index contributed by atoms with van der Waals surface area (Å²) < 4.78 is 10.9. The maximum Gasteiger partial charge on any atom is 0.341 e. The van der Waals surface area contributed by atoms with Gasteiger partial charge in [0.25, 0.3) is 0 Å². The Hall–Kier alpha value is -3.12. The van der Waals surface area contributed by atoms with Crippen molar-refractivity contribution in [3.8, 4) is 17.0 Å². The summed E-state index contributed by atoms with van der Waals surface area (Å²) >= 11 is 1.24. The highest BCUT2D eigenvalue weighted by atomic mass is 32.2. The van der Waals surface area contributed by atoms with Crippen LogP contribution in [-0.2, 0) is 24.2 Å². The molecule has 0 atom stereocenters. The summed E-state index contributed by atoms with van der Waals surface area (Å²) in [5.74, 6) is 0.913. The van der Waals surface area contributed by atoms with Crippen molar-refractivity contribution in [3.05, 3.63) is 82.5 Å². The van der Waals surface area contributed by atoms with E-state index in [4.69, 9.17) is 14.5 Å². The number of esters is 1. The molecule has 0 spiro atoms. The fourth-order valence-corrected chi connectivity index (χ4v) is 4.36. The van der Waals surface area contributed by atoms with E-state index in [2.05, 4.69) is 0 Å². The lowest BCUT2D eigenvalue weighted by atomic mass is 9.93. The Morgan fingerprint density at radius 3 is 2.18 bits per heavy atom. The highest BCUT2D eigenvalue weighted by Gasteiger charge is 2.28. The molecule has 33 heavy (non-hydrogen) atoms. The number of carbonyl (C=O) groups excluding carboxylic acids is 2. The largest absolute Gasteiger partial charge is 0.497 e. The molecule has 0 aliphatic rings.